The summed E-state index contributed by atoms with van der Waals surface area (Å²) in [6.45, 7) is 6.25. The molecule has 7 heteroatoms. The van der Waals surface area contributed by atoms with E-state index in [0.717, 1.165) is 23.2 Å². The third-order valence-electron chi connectivity index (χ3n) is 4.65. The van der Waals surface area contributed by atoms with Gasteiger partial charge in [0.05, 0.1) is 18.5 Å². The minimum atomic E-state index is 0.0709. The second-order valence-electron chi connectivity index (χ2n) is 6.40. The van der Waals surface area contributed by atoms with Crippen LogP contribution >= 0.6 is 11.3 Å². The van der Waals surface area contributed by atoms with Gasteiger partial charge in [0.1, 0.15) is 5.76 Å². The van der Waals surface area contributed by atoms with Gasteiger partial charge in [-0.1, -0.05) is 5.16 Å². The van der Waals surface area contributed by atoms with Gasteiger partial charge < -0.3 is 14.3 Å². The highest BCUT2D eigenvalue weighted by molar-refractivity contribution is 7.08. The molecule has 6 nitrogen and oxygen atoms in total. The second kappa shape index (κ2) is 7.82. The fraction of sp³-hybridized carbons (Fsp3) is 0.500. The van der Waals surface area contributed by atoms with E-state index >= 15 is 0 Å². The molecule has 1 aliphatic heterocycles. The topological polar surface area (TPSA) is 66.7 Å². The number of carbonyl (C=O) groups is 2. The number of carbonyl (C=O) groups excluding carboxylic acids is 2. The zero-order valence-electron chi connectivity index (χ0n) is 14.7. The monoisotopic (exact) mass is 361 g/mol. The molecule has 0 unspecified atom stereocenters. The summed E-state index contributed by atoms with van der Waals surface area (Å²) < 4.78 is 5.13. The number of amides is 2. The van der Waals surface area contributed by atoms with Crippen molar-refractivity contribution in [3.63, 3.8) is 0 Å². The highest BCUT2D eigenvalue weighted by atomic mass is 32.1. The lowest BCUT2D eigenvalue weighted by atomic mass is 10.1. The van der Waals surface area contributed by atoms with Crippen LogP contribution in [0.25, 0.3) is 0 Å². The van der Waals surface area contributed by atoms with Crippen LogP contribution in [0.15, 0.2) is 21.3 Å². The third kappa shape index (κ3) is 4.28. The lowest BCUT2D eigenvalue weighted by Crippen LogP contribution is -2.38. The van der Waals surface area contributed by atoms with Crippen LogP contribution in [0.4, 0.5) is 0 Å². The maximum Gasteiger partial charge on any atom is 0.227 e. The van der Waals surface area contributed by atoms with Gasteiger partial charge in [0.25, 0.3) is 0 Å². The smallest absolute Gasteiger partial charge is 0.227 e. The van der Waals surface area contributed by atoms with Crippen LogP contribution in [-0.2, 0) is 22.4 Å². The van der Waals surface area contributed by atoms with Crippen LogP contribution in [0.3, 0.4) is 0 Å². The zero-order valence-corrected chi connectivity index (χ0v) is 15.5. The lowest BCUT2D eigenvalue weighted by Gasteiger charge is -2.22. The molecule has 0 spiro atoms. The molecule has 0 aromatic carbocycles. The van der Waals surface area contributed by atoms with Crippen molar-refractivity contribution in [1.29, 1.82) is 0 Å². The summed E-state index contributed by atoms with van der Waals surface area (Å²) in [5.74, 6) is 0.910. The minimum absolute atomic E-state index is 0.0709. The largest absolute Gasteiger partial charge is 0.361 e. The fourth-order valence-corrected chi connectivity index (χ4v) is 3.78. The highest BCUT2D eigenvalue weighted by Crippen LogP contribution is 2.15. The Kier molecular flexibility index (Phi) is 5.53. The molecule has 25 heavy (non-hydrogen) atoms. The Morgan fingerprint density at radius 3 is 2.36 bits per heavy atom. The van der Waals surface area contributed by atoms with E-state index in [0.29, 0.717) is 44.8 Å². The van der Waals surface area contributed by atoms with E-state index in [2.05, 4.69) is 5.16 Å². The van der Waals surface area contributed by atoms with Crippen LogP contribution in [0.2, 0.25) is 0 Å². The van der Waals surface area contributed by atoms with Crippen LogP contribution in [0, 0.1) is 13.8 Å². The Morgan fingerprint density at radius 1 is 1.12 bits per heavy atom. The van der Waals surface area contributed by atoms with E-state index in [1.165, 1.54) is 0 Å². The Morgan fingerprint density at radius 2 is 1.80 bits per heavy atom. The Labute approximate surface area is 151 Å². The predicted octanol–water partition coefficient (Wildman–Crippen LogP) is 2.20. The molecule has 3 rings (SSSR count). The molecule has 2 amide bonds. The van der Waals surface area contributed by atoms with Gasteiger partial charge in [-0.2, -0.15) is 11.3 Å². The van der Waals surface area contributed by atoms with Gasteiger partial charge in [-0.05, 0) is 42.7 Å². The third-order valence-corrected chi connectivity index (χ3v) is 5.38. The van der Waals surface area contributed by atoms with Crippen molar-refractivity contribution in [2.45, 2.75) is 33.1 Å². The maximum atomic E-state index is 12.6. The first kappa shape index (κ1) is 17.7. The van der Waals surface area contributed by atoms with E-state index in [4.69, 9.17) is 4.52 Å². The summed E-state index contributed by atoms with van der Waals surface area (Å²) in [4.78, 5) is 28.8. The average molecular weight is 361 g/mol. The molecular formula is C18H23N3O3S. The first-order valence-corrected chi connectivity index (χ1v) is 9.47. The molecule has 1 saturated heterocycles. The van der Waals surface area contributed by atoms with E-state index < -0.39 is 0 Å². The van der Waals surface area contributed by atoms with E-state index in [1.807, 2.05) is 40.5 Å². The fourth-order valence-electron chi connectivity index (χ4n) is 3.11. The van der Waals surface area contributed by atoms with Crippen molar-refractivity contribution in [3.05, 3.63) is 39.4 Å². The second-order valence-corrected chi connectivity index (χ2v) is 7.18. The molecule has 0 N–H and O–H groups in total. The summed E-state index contributed by atoms with van der Waals surface area (Å²) >= 11 is 1.60. The molecule has 2 aromatic heterocycles. The first-order valence-electron chi connectivity index (χ1n) is 8.53. The number of aryl methyl sites for hydroxylation is 2. The van der Waals surface area contributed by atoms with Crippen molar-refractivity contribution in [3.8, 4) is 0 Å². The molecule has 0 bridgehead atoms. The van der Waals surface area contributed by atoms with Gasteiger partial charge in [-0.25, -0.2) is 0 Å². The van der Waals surface area contributed by atoms with Crippen molar-refractivity contribution < 1.29 is 14.1 Å². The van der Waals surface area contributed by atoms with Crippen LogP contribution in [-0.4, -0.2) is 52.9 Å². The Balaban J connectivity index is 1.56. The Bertz CT molecular complexity index is 719. The van der Waals surface area contributed by atoms with Crippen LogP contribution in [0.5, 0.6) is 0 Å². The predicted molar refractivity (Wildman–Crippen MR) is 95.5 cm³/mol. The van der Waals surface area contributed by atoms with Crippen LogP contribution < -0.4 is 0 Å². The SMILES string of the molecule is Cc1noc(C)c1CC(=O)N1CCCN(C(=O)Cc2ccsc2)CC1. The summed E-state index contributed by atoms with van der Waals surface area (Å²) in [5, 5.41) is 7.90. The van der Waals surface area contributed by atoms with Gasteiger partial charge in [0.15, 0.2) is 0 Å². The van der Waals surface area contributed by atoms with E-state index in [1.54, 1.807) is 11.3 Å². The minimum Gasteiger partial charge on any atom is -0.361 e. The maximum absolute atomic E-state index is 12.6. The molecule has 1 aliphatic rings. The van der Waals surface area contributed by atoms with Crippen LogP contribution in [0.1, 0.15) is 29.0 Å². The molecule has 0 aliphatic carbocycles. The van der Waals surface area contributed by atoms with Crippen molar-refractivity contribution in [2.24, 2.45) is 0 Å². The zero-order chi connectivity index (χ0) is 17.8. The highest BCUT2D eigenvalue weighted by Gasteiger charge is 2.23. The number of aromatic nitrogens is 1. The summed E-state index contributed by atoms with van der Waals surface area (Å²) in [5.41, 5.74) is 2.71. The molecule has 134 valence electrons. The summed E-state index contributed by atoms with van der Waals surface area (Å²) in [6, 6.07) is 1.99. The molecule has 3 heterocycles. The van der Waals surface area contributed by atoms with Gasteiger partial charge in [0.2, 0.25) is 11.8 Å². The number of hydrogen-bond acceptors (Lipinski definition) is 5. The van der Waals surface area contributed by atoms with E-state index in [-0.39, 0.29) is 11.8 Å². The first-order chi connectivity index (χ1) is 12.0. The molecule has 2 aromatic rings. The molecule has 1 fully saturated rings. The van der Waals surface area contributed by atoms with Crippen molar-refractivity contribution in [2.75, 3.05) is 26.2 Å². The number of rotatable bonds is 4. The molecule has 0 atom stereocenters. The Hall–Kier alpha value is -2.15. The normalized spacial score (nSPS) is 15.3. The number of nitrogens with zero attached hydrogens (tertiary/aromatic N) is 3. The lowest BCUT2D eigenvalue weighted by molar-refractivity contribution is -0.132. The number of hydrogen-bond donors (Lipinski definition) is 0. The summed E-state index contributed by atoms with van der Waals surface area (Å²) in [6.07, 6.45) is 1.56. The van der Waals surface area contributed by atoms with E-state index in [9.17, 15) is 9.59 Å². The summed E-state index contributed by atoms with van der Waals surface area (Å²) in [7, 11) is 0. The quantitative estimate of drug-likeness (QED) is 0.837. The van der Waals surface area contributed by atoms with Gasteiger partial charge >= 0.3 is 0 Å². The molecule has 0 saturated carbocycles. The molecular weight excluding hydrogens is 338 g/mol. The molecule has 0 radical (unpaired) electrons. The standard InChI is InChI=1S/C18H23N3O3S/c1-13-16(14(2)24-19-13)11-18(23)21-6-3-5-20(7-8-21)17(22)10-15-4-9-25-12-15/h4,9,12H,3,5-8,10-11H2,1-2H3. The average Bonchev–Trinajstić information content (AvgIpc) is 3.11. The van der Waals surface area contributed by atoms with Gasteiger partial charge in [0, 0.05) is 31.7 Å². The van der Waals surface area contributed by atoms with Crippen molar-refractivity contribution in [1.82, 2.24) is 15.0 Å². The van der Waals surface area contributed by atoms with Gasteiger partial charge in [-0.3, -0.25) is 9.59 Å². The van der Waals surface area contributed by atoms with Crippen molar-refractivity contribution >= 4 is 23.2 Å². The number of thiophene rings is 1. The van der Waals surface area contributed by atoms with Gasteiger partial charge in [-0.15, -0.1) is 0 Å².